The molecular weight excluding hydrogens is 390 g/mol. The Morgan fingerprint density at radius 3 is 2.37 bits per heavy atom. The molecule has 30 heavy (non-hydrogen) atoms. The van der Waals surface area contributed by atoms with Crippen molar-refractivity contribution in [3.05, 3.63) is 71.8 Å². The van der Waals surface area contributed by atoms with Crippen molar-refractivity contribution in [2.45, 2.75) is 43.9 Å². The van der Waals surface area contributed by atoms with Crippen LogP contribution in [-0.4, -0.2) is 54.2 Å². The lowest BCUT2D eigenvalue weighted by atomic mass is 9.95. The summed E-state index contributed by atoms with van der Waals surface area (Å²) in [5.74, 6) is -0.983. The summed E-state index contributed by atoms with van der Waals surface area (Å²) in [6, 6.07) is 16.8. The summed E-state index contributed by atoms with van der Waals surface area (Å²) in [5, 5.41) is 13.1. The van der Waals surface area contributed by atoms with Gasteiger partial charge in [-0.15, -0.1) is 0 Å². The van der Waals surface area contributed by atoms with Crippen LogP contribution in [0.25, 0.3) is 0 Å². The summed E-state index contributed by atoms with van der Waals surface area (Å²) >= 11 is 0. The van der Waals surface area contributed by atoms with Crippen LogP contribution in [0.2, 0.25) is 0 Å². The number of rotatable bonds is 4. The number of ether oxygens (including phenoxy) is 4. The topological polar surface area (TPSA) is 103 Å². The monoisotopic (exact) mass is 413 g/mol. The molecule has 0 bridgehead atoms. The lowest BCUT2D eigenvalue weighted by Crippen LogP contribution is -2.67. The normalized spacial score (nSPS) is 30.7. The van der Waals surface area contributed by atoms with Crippen LogP contribution in [0.3, 0.4) is 0 Å². The van der Waals surface area contributed by atoms with Crippen molar-refractivity contribution in [3.63, 3.8) is 0 Å². The van der Waals surface area contributed by atoms with Crippen molar-refractivity contribution < 1.29 is 33.6 Å². The van der Waals surface area contributed by atoms with E-state index >= 15 is 0 Å². The molecule has 2 heterocycles. The molecule has 2 aliphatic heterocycles. The summed E-state index contributed by atoms with van der Waals surface area (Å²) in [4.78, 5) is 24.5. The van der Waals surface area contributed by atoms with Gasteiger partial charge < -0.3 is 29.4 Å². The number of hydrogen-bond acceptors (Lipinski definition) is 7. The highest BCUT2D eigenvalue weighted by Gasteiger charge is 2.52. The Balaban J connectivity index is 1.61. The number of fused-ring (bicyclic) bond motifs is 1. The van der Waals surface area contributed by atoms with Crippen molar-refractivity contribution >= 4 is 11.9 Å². The smallest absolute Gasteiger partial charge is 0.338 e. The predicted octanol–water partition coefficient (Wildman–Crippen LogP) is 1.55. The molecule has 6 atom stereocenters. The number of nitrogens with one attached hydrogen (secondary N) is 1. The van der Waals surface area contributed by atoms with E-state index in [1.165, 1.54) is 6.92 Å². The van der Waals surface area contributed by atoms with Gasteiger partial charge in [0, 0.05) is 12.5 Å². The van der Waals surface area contributed by atoms with E-state index in [0.717, 1.165) is 5.56 Å². The zero-order valence-corrected chi connectivity index (χ0v) is 16.3. The minimum Gasteiger partial charge on any atom is -0.453 e. The van der Waals surface area contributed by atoms with E-state index in [1.807, 2.05) is 30.3 Å². The van der Waals surface area contributed by atoms with Gasteiger partial charge in [0.2, 0.25) is 5.91 Å². The predicted molar refractivity (Wildman–Crippen MR) is 104 cm³/mol. The molecule has 1 amide bonds. The highest BCUT2D eigenvalue weighted by molar-refractivity contribution is 5.89. The van der Waals surface area contributed by atoms with E-state index in [9.17, 15) is 14.7 Å². The number of aliphatic hydroxyl groups excluding tert-OH is 1. The third-order valence-corrected chi connectivity index (χ3v) is 5.05. The first-order valence-corrected chi connectivity index (χ1v) is 9.71. The molecule has 2 aromatic carbocycles. The average Bonchev–Trinajstić information content (AvgIpc) is 2.77. The number of aliphatic hydroxyl groups is 1. The van der Waals surface area contributed by atoms with E-state index in [0.29, 0.717) is 5.56 Å². The van der Waals surface area contributed by atoms with Gasteiger partial charge in [-0.25, -0.2) is 4.79 Å². The van der Waals surface area contributed by atoms with E-state index in [-0.39, 0.29) is 6.61 Å². The Kier molecular flexibility index (Phi) is 6.10. The molecule has 0 aliphatic carbocycles. The molecule has 2 aromatic rings. The molecule has 4 rings (SSSR count). The van der Waals surface area contributed by atoms with Gasteiger partial charge in [0.1, 0.15) is 18.2 Å². The zero-order chi connectivity index (χ0) is 21.1. The van der Waals surface area contributed by atoms with Crippen LogP contribution in [0.1, 0.15) is 29.1 Å². The third kappa shape index (κ3) is 4.36. The molecule has 0 saturated carbocycles. The summed E-state index contributed by atoms with van der Waals surface area (Å²) in [6.45, 7) is 1.44. The molecule has 2 N–H and O–H groups in total. The molecule has 2 saturated heterocycles. The molecular formula is C22H23NO7. The SMILES string of the molecule is CC(=O)N[C@H]1[C@H](OC(=O)c2ccccc2)[C@H]2O[C@@H](c3ccccc3)OC[C@H]2O[C@H]1O. The van der Waals surface area contributed by atoms with Crippen molar-refractivity contribution in [3.8, 4) is 0 Å². The molecule has 8 nitrogen and oxygen atoms in total. The van der Waals surface area contributed by atoms with Crippen molar-refractivity contribution in [1.29, 1.82) is 0 Å². The fraction of sp³-hybridized carbons (Fsp3) is 0.364. The van der Waals surface area contributed by atoms with Crippen molar-refractivity contribution in [2.24, 2.45) is 0 Å². The lowest BCUT2D eigenvalue weighted by Gasteiger charge is -2.47. The van der Waals surface area contributed by atoms with Crippen molar-refractivity contribution in [1.82, 2.24) is 5.32 Å². The number of amides is 1. The Labute approximate surface area is 173 Å². The second-order valence-corrected chi connectivity index (χ2v) is 7.20. The minimum atomic E-state index is -1.39. The Hall–Kier alpha value is -2.78. The van der Waals surface area contributed by atoms with E-state index in [2.05, 4.69) is 5.32 Å². The van der Waals surface area contributed by atoms with Crippen LogP contribution < -0.4 is 5.32 Å². The van der Waals surface area contributed by atoms with Gasteiger partial charge in [0.05, 0.1) is 12.2 Å². The van der Waals surface area contributed by atoms with Gasteiger partial charge in [-0.05, 0) is 12.1 Å². The van der Waals surface area contributed by atoms with Crippen molar-refractivity contribution in [2.75, 3.05) is 6.61 Å². The standard InChI is InChI=1S/C22H23NO7/c1-13(24)23-17-19(29-20(25)14-8-4-2-5-9-14)18-16(28-21(17)26)12-27-22(30-18)15-10-6-3-7-11-15/h2-11,16-19,21-22,26H,12H2,1H3,(H,23,24)/t16-,17+,18+,19+,21-,22+/m1/s1. The van der Waals surface area contributed by atoms with Gasteiger partial charge in [-0.2, -0.15) is 0 Å². The Bertz CT molecular complexity index is 876. The van der Waals surface area contributed by atoms with Crippen LogP contribution in [0.4, 0.5) is 0 Å². The molecule has 0 unspecified atom stereocenters. The van der Waals surface area contributed by atoms with Crippen LogP contribution in [0, 0.1) is 0 Å². The van der Waals surface area contributed by atoms with E-state index < -0.39 is 48.8 Å². The summed E-state index contributed by atoms with van der Waals surface area (Å²) < 4.78 is 23.2. The summed E-state index contributed by atoms with van der Waals surface area (Å²) in [7, 11) is 0. The maximum absolute atomic E-state index is 12.7. The van der Waals surface area contributed by atoms with Gasteiger partial charge >= 0.3 is 5.97 Å². The van der Waals surface area contributed by atoms with Gasteiger partial charge in [-0.3, -0.25) is 4.79 Å². The lowest BCUT2D eigenvalue weighted by molar-refractivity contribution is -0.337. The summed E-state index contributed by atoms with van der Waals surface area (Å²) in [6.07, 6.45) is -4.48. The zero-order valence-electron chi connectivity index (χ0n) is 16.3. The minimum absolute atomic E-state index is 0.132. The number of hydrogen-bond donors (Lipinski definition) is 2. The van der Waals surface area contributed by atoms with Gasteiger partial charge in [0.25, 0.3) is 0 Å². The quantitative estimate of drug-likeness (QED) is 0.733. The third-order valence-electron chi connectivity index (χ3n) is 5.05. The first-order valence-electron chi connectivity index (χ1n) is 9.71. The fourth-order valence-electron chi connectivity index (χ4n) is 3.66. The summed E-state index contributed by atoms with van der Waals surface area (Å²) in [5.41, 5.74) is 1.15. The second kappa shape index (κ2) is 8.93. The number of carbonyl (C=O) groups is 2. The molecule has 2 fully saturated rings. The average molecular weight is 413 g/mol. The highest BCUT2D eigenvalue weighted by atomic mass is 16.7. The number of benzene rings is 2. The van der Waals surface area contributed by atoms with Gasteiger partial charge in [-0.1, -0.05) is 48.5 Å². The molecule has 158 valence electrons. The molecule has 8 heteroatoms. The van der Waals surface area contributed by atoms with Crippen LogP contribution >= 0.6 is 0 Å². The largest absolute Gasteiger partial charge is 0.453 e. The molecule has 0 aromatic heterocycles. The molecule has 0 radical (unpaired) electrons. The van der Waals surface area contributed by atoms with Gasteiger partial charge in [0.15, 0.2) is 18.7 Å². The number of esters is 1. The second-order valence-electron chi connectivity index (χ2n) is 7.20. The first-order chi connectivity index (χ1) is 14.5. The number of carbonyl (C=O) groups excluding carboxylic acids is 2. The van der Waals surface area contributed by atoms with Crippen LogP contribution in [0.15, 0.2) is 60.7 Å². The maximum atomic E-state index is 12.7. The maximum Gasteiger partial charge on any atom is 0.338 e. The van der Waals surface area contributed by atoms with Crippen LogP contribution in [-0.2, 0) is 23.7 Å². The molecule has 2 aliphatic rings. The fourth-order valence-corrected chi connectivity index (χ4v) is 3.66. The first kappa shape index (κ1) is 20.5. The van der Waals surface area contributed by atoms with E-state index in [4.69, 9.17) is 18.9 Å². The molecule has 0 spiro atoms. The Morgan fingerprint density at radius 1 is 1.03 bits per heavy atom. The Morgan fingerprint density at radius 2 is 1.70 bits per heavy atom. The highest BCUT2D eigenvalue weighted by Crippen LogP contribution is 2.35. The van der Waals surface area contributed by atoms with E-state index in [1.54, 1.807) is 30.3 Å². The van der Waals surface area contributed by atoms with Crippen LogP contribution in [0.5, 0.6) is 0 Å².